The van der Waals surface area contributed by atoms with Gasteiger partial charge in [0, 0.05) is 20.6 Å². The summed E-state index contributed by atoms with van der Waals surface area (Å²) in [5, 5.41) is 3.28. The van der Waals surface area contributed by atoms with Gasteiger partial charge in [-0.25, -0.2) is 17.9 Å². The Morgan fingerprint density at radius 2 is 2.00 bits per heavy atom. The molecule has 0 amide bonds. The van der Waals surface area contributed by atoms with Gasteiger partial charge in [0.15, 0.2) is 0 Å². The summed E-state index contributed by atoms with van der Waals surface area (Å²) in [6.07, 6.45) is 2.10. The van der Waals surface area contributed by atoms with Gasteiger partial charge < -0.3 is 5.32 Å². The van der Waals surface area contributed by atoms with Crippen molar-refractivity contribution in [3.05, 3.63) is 28.7 Å². The third-order valence-corrected chi connectivity index (χ3v) is 5.94. The zero-order chi connectivity index (χ0) is 16.6. The average molecular weight is 338 g/mol. The largest absolute Gasteiger partial charge is 0.328 e. The van der Waals surface area contributed by atoms with E-state index in [2.05, 4.69) is 10.0 Å². The van der Waals surface area contributed by atoms with E-state index in [0.717, 1.165) is 25.9 Å². The Balaban J connectivity index is 1.86. The predicted octanol–water partition coefficient (Wildman–Crippen LogP) is 0.155. The third-order valence-electron chi connectivity index (χ3n) is 4.51. The summed E-state index contributed by atoms with van der Waals surface area (Å²) >= 11 is 0. The van der Waals surface area contributed by atoms with Crippen LogP contribution in [0.5, 0.6) is 0 Å². The summed E-state index contributed by atoms with van der Waals surface area (Å²) in [7, 11) is -0.259. The Kier molecular flexibility index (Phi) is 4.31. The molecule has 1 atom stereocenters. The summed E-state index contributed by atoms with van der Waals surface area (Å²) in [5.41, 5.74) is 1.16. The molecule has 1 fully saturated rings. The molecule has 0 bridgehead atoms. The van der Waals surface area contributed by atoms with Crippen LogP contribution in [0, 0.1) is 5.92 Å². The molecule has 1 saturated heterocycles. The molecular formula is C15H22N4O3S. The zero-order valence-electron chi connectivity index (χ0n) is 13.4. The highest BCUT2D eigenvalue weighted by molar-refractivity contribution is 7.89. The fourth-order valence-electron chi connectivity index (χ4n) is 3.06. The SMILES string of the molecule is Cn1c(=O)n(C)c2cc(S(=O)(=O)NCC3CCCNC3)ccc21. The number of nitrogens with zero attached hydrogens (tertiary/aromatic N) is 2. The molecule has 1 aliphatic heterocycles. The van der Waals surface area contributed by atoms with E-state index in [0.29, 0.717) is 23.5 Å². The molecule has 3 rings (SSSR count). The van der Waals surface area contributed by atoms with Crippen LogP contribution in [0.4, 0.5) is 0 Å². The molecule has 2 N–H and O–H groups in total. The molecule has 23 heavy (non-hydrogen) atoms. The quantitative estimate of drug-likeness (QED) is 0.831. The van der Waals surface area contributed by atoms with Crippen LogP contribution in [-0.2, 0) is 24.1 Å². The highest BCUT2D eigenvalue weighted by Gasteiger charge is 2.20. The molecule has 0 radical (unpaired) electrons. The highest BCUT2D eigenvalue weighted by atomic mass is 32.2. The third kappa shape index (κ3) is 3.06. The van der Waals surface area contributed by atoms with Gasteiger partial charge in [0.2, 0.25) is 10.0 Å². The second-order valence-electron chi connectivity index (χ2n) is 6.12. The van der Waals surface area contributed by atoms with Crippen molar-refractivity contribution < 1.29 is 8.42 Å². The number of rotatable bonds is 4. The van der Waals surface area contributed by atoms with Crippen molar-refractivity contribution in [1.82, 2.24) is 19.2 Å². The van der Waals surface area contributed by atoms with Gasteiger partial charge in [0.25, 0.3) is 0 Å². The monoisotopic (exact) mass is 338 g/mol. The molecule has 1 unspecified atom stereocenters. The predicted molar refractivity (Wildman–Crippen MR) is 88.9 cm³/mol. The highest BCUT2D eigenvalue weighted by Crippen LogP contribution is 2.18. The fourth-order valence-corrected chi connectivity index (χ4v) is 4.20. The standard InChI is InChI=1S/C15H22N4O3S/c1-18-13-6-5-12(8-14(13)19(2)15(18)20)23(21,22)17-10-11-4-3-7-16-9-11/h5-6,8,11,16-17H,3-4,7,9-10H2,1-2H3. The minimum atomic E-state index is -3.57. The Labute approximate surface area is 135 Å². The van der Waals surface area contributed by atoms with Crippen molar-refractivity contribution in [3.8, 4) is 0 Å². The summed E-state index contributed by atoms with van der Waals surface area (Å²) in [6.45, 7) is 2.28. The second-order valence-corrected chi connectivity index (χ2v) is 7.88. The molecule has 1 aromatic carbocycles. The molecule has 2 aromatic rings. The van der Waals surface area contributed by atoms with Crippen LogP contribution in [0.15, 0.2) is 27.9 Å². The van der Waals surface area contributed by atoms with Crippen LogP contribution in [0.3, 0.4) is 0 Å². The van der Waals surface area contributed by atoms with Crippen LogP contribution in [-0.4, -0.2) is 37.2 Å². The maximum atomic E-state index is 12.5. The van der Waals surface area contributed by atoms with Crippen LogP contribution in [0.1, 0.15) is 12.8 Å². The molecule has 2 heterocycles. The Morgan fingerprint density at radius 1 is 1.26 bits per heavy atom. The Hall–Kier alpha value is -1.64. The lowest BCUT2D eigenvalue weighted by Crippen LogP contribution is -2.38. The van der Waals surface area contributed by atoms with Crippen molar-refractivity contribution in [3.63, 3.8) is 0 Å². The summed E-state index contributed by atoms with van der Waals surface area (Å²) in [5.74, 6) is 0.323. The van der Waals surface area contributed by atoms with Crippen LogP contribution >= 0.6 is 0 Å². The number of imidazole rings is 1. The number of aryl methyl sites for hydroxylation is 2. The van der Waals surface area contributed by atoms with Crippen LogP contribution < -0.4 is 15.7 Å². The normalized spacial score (nSPS) is 19.3. The lowest BCUT2D eigenvalue weighted by molar-refractivity contribution is 0.376. The van der Waals surface area contributed by atoms with Crippen molar-refractivity contribution >= 4 is 21.1 Å². The van der Waals surface area contributed by atoms with E-state index in [4.69, 9.17) is 0 Å². The van der Waals surface area contributed by atoms with Gasteiger partial charge in [-0.2, -0.15) is 0 Å². The number of piperidine rings is 1. The first-order valence-electron chi connectivity index (χ1n) is 7.76. The van der Waals surface area contributed by atoms with Gasteiger partial charge in [-0.1, -0.05) is 0 Å². The van der Waals surface area contributed by atoms with Gasteiger partial charge in [-0.15, -0.1) is 0 Å². The Morgan fingerprint density at radius 3 is 2.70 bits per heavy atom. The number of fused-ring (bicyclic) bond motifs is 1. The first kappa shape index (κ1) is 16.2. The van der Waals surface area contributed by atoms with Gasteiger partial charge in [0.1, 0.15) is 0 Å². The lowest BCUT2D eigenvalue weighted by Gasteiger charge is -2.22. The number of benzene rings is 1. The molecule has 1 aromatic heterocycles. The zero-order valence-corrected chi connectivity index (χ0v) is 14.2. The number of sulfonamides is 1. The van der Waals surface area contributed by atoms with E-state index in [1.165, 1.54) is 9.13 Å². The van der Waals surface area contributed by atoms with Crippen molar-refractivity contribution in [1.29, 1.82) is 0 Å². The number of aromatic nitrogens is 2. The molecular weight excluding hydrogens is 316 g/mol. The smallest absolute Gasteiger partial charge is 0.316 e. The number of hydrogen-bond donors (Lipinski definition) is 2. The molecule has 8 heteroatoms. The van der Waals surface area contributed by atoms with Crippen LogP contribution in [0.2, 0.25) is 0 Å². The van der Waals surface area contributed by atoms with E-state index in [1.54, 1.807) is 32.3 Å². The molecule has 0 aliphatic carbocycles. The molecule has 0 spiro atoms. The average Bonchev–Trinajstić information content (AvgIpc) is 2.78. The lowest BCUT2D eigenvalue weighted by atomic mass is 10.0. The van der Waals surface area contributed by atoms with E-state index in [1.807, 2.05) is 0 Å². The molecule has 126 valence electrons. The first-order valence-corrected chi connectivity index (χ1v) is 9.24. The minimum Gasteiger partial charge on any atom is -0.316 e. The van der Waals surface area contributed by atoms with Gasteiger partial charge >= 0.3 is 5.69 Å². The van der Waals surface area contributed by atoms with E-state index in [-0.39, 0.29) is 10.6 Å². The van der Waals surface area contributed by atoms with E-state index >= 15 is 0 Å². The van der Waals surface area contributed by atoms with E-state index in [9.17, 15) is 13.2 Å². The molecule has 0 saturated carbocycles. The summed E-state index contributed by atoms with van der Waals surface area (Å²) < 4.78 is 30.6. The van der Waals surface area contributed by atoms with Crippen molar-refractivity contribution in [2.75, 3.05) is 19.6 Å². The summed E-state index contributed by atoms with van der Waals surface area (Å²) in [6, 6.07) is 4.77. The van der Waals surface area contributed by atoms with Crippen molar-refractivity contribution in [2.24, 2.45) is 20.0 Å². The Bertz CT molecular complexity index is 876. The maximum Gasteiger partial charge on any atom is 0.328 e. The van der Waals surface area contributed by atoms with Gasteiger partial charge in [-0.05, 0) is 50.0 Å². The number of hydrogen-bond acceptors (Lipinski definition) is 4. The number of nitrogens with one attached hydrogen (secondary N) is 2. The van der Waals surface area contributed by atoms with Crippen molar-refractivity contribution in [2.45, 2.75) is 17.7 Å². The van der Waals surface area contributed by atoms with Gasteiger partial charge in [0.05, 0.1) is 15.9 Å². The van der Waals surface area contributed by atoms with Gasteiger partial charge in [-0.3, -0.25) is 9.13 Å². The molecule has 1 aliphatic rings. The van der Waals surface area contributed by atoms with Crippen LogP contribution in [0.25, 0.3) is 11.0 Å². The second kappa shape index (κ2) is 6.10. The topological polar surface area (TPSA) is 85.1 Å². The van der Waals surface area contributed by atoms with E-state index < -0.39 is 10.0 Å². The molecule has 7 nitrogen and oxygen atoms in total. The maximum absolute atomic E-state index is 12.5. The fraction of sp³-hybridized carbons (Fsp3) is 0.533. The first-order chi connectivity index (χ1) is 10.9. The summed E-state index contributed by atoms with van der Waals surface area (Å²) in [4.78, 5) is 12.1. The minimum absolute atomic E-state index is 0.171.